The maximum Gasteiger partial charge on any atom is 0.279 e. The van der Waals surface area contributed by atoms with Gasteiger partial charge in [-0.15, -0.1) is 0 Å². The van der Waals surface area contributed by atoms with Crippen molar-refractivity contribution in [1.29, 1.82) is 0 Å². The molecular formula is C19H31N2O+. The number of hydrogen-bond acceptors (Lipinski definition) is 1. The molecule has 122 valence electrons. The topological polar surface area (TPSA) is 29.1 Å². The Morgan fingerprint density at radius 2 is 1.91 bits per heavy atom. The Bertz CT molecular complexity index is 504. The smallest absolute Gasteiger partial charge is 0.279 e. The number of hydrogen-bond donors (Lipinski definition) is 1. The summed E-state index contributed by atoms with van der Waals surface area (Å²) in [6, 6.07) is 8.83. The fourth-order valence-electron chi connectivity index (χ4n) is 3.55. The maximum atomic E-state index is 12.5. The van der Waals surface area contributed by atoms with Crippen LogP contribution in [0.3, 0.4) is 0 Å². The highest BCUT2D eigenvalue weighted by atomic mass is 16.2. The minimum atomic E-state index is 0.132. The van der Waals surface area contributed by atoms with Crippen LogP contribution < -0.4 is 5.32 Å². The largest absolute Gasteiger partial charge is 0.321 e. The second-order valence-electron chi connectivity index (χ2n) is 7.32. The van der Waals surface area contributed by atoms with E-state index in [1.165, 1.54) is 31.2 Å². The van der Waals surface area contributed by atoms with Crippen molar-refractivity contribution >= 4 is 11.6 Å². The summed E-state index contributed by atoms with van der Waals surface area (Å²) in [5, 5.41) is 3.15. The molecule has 1 atom stereocenters. The minimum absolute atomic E-state index is 0.132. The first-order valence-corrected chi connectivity index (χ1v) is 8.65. The van der Waals surface area contributed by atoms with Crippen LogP contribution in [0.5, 0.6) is 0 Å². The zero-order valence-electron chi connectivity index (χ0n) is 14.6. The monoisotopic (exact) mass is 303 g/mol. The van der Waals surface area contributed by atoms with Gasteiger partial charge in [-0.05, 0) is 49.7 Å². The Morgan fingerprint density at radius 3 is 2.55 bits per heavy atom. The van der Waals surface area contributed by atoms with Crippen molar-refractivity contribution in [3.05, 3.63) is 29.8 Å². The molecule has 1 N–H and O–H groups in total. The number of para-hydroxylation sites is 1. The van der Waals surface area contributed by atoms with Crippen LogP contribution in [0.1, 0.15) is 57.4 Å². The molecule has 0 spiro atoms. The third-order valence-electron chi connectivity index (χ3n) is 5.24. The Kier molecular flexibility index (Phi) is 5.63. The standard InChI is InChI=1S/C19H30N2O/c1-5-15(2)17-12-8-9-13-18(17)20-19(22)14-21(3,4)16-10-6-7-11-16/h8-9,12-13,15-16H,5-7,10-11,14H2,1-4H3/p+1/t15-/m1/s1. The molecule has 0 aromatic heterocycles. The third-order valence-corrected chi connectivity index (χ3v) is 5.24. The normalized spacial score (nSPS) is 17.5. The summed E-state index contributed by atoms with van der Waals surface area (Å²) < 4.78 is 0.803. The van der Waals surface area contributed by atoms with Gasteiger partial charge in [0.05, 0.1) is 20.1 Å². The van der Waals surface area contributed by atoms with Gasteiger partial charge in [0.15, 0.2) is 6.54 Å². The molecule has 22 heavy (non-hydrogen) atoms. The van der Waals surface area contributed by atoms with Crippen molar-refractivity contribution in [1.82, 2.24) is 0 Å². The Hall–Kier alpha value is -1.35. The zero-order chi connectivity index (χ0) is 16.2. The van der Waals surface area contributed by atoms with E-state index in [2.05, 4.69) is 45.4 Å². The highest BCUT2D eigenvalue weighted by Crippen LogP contribution is 2.28. The van der Waals surface area contributed by atoms with Gasteiger partial charge in [0.2, 0.25) is 0 Å². The number of anilines is 1. The molecule has 3 heteroatoms. The van der Waals surface area contributed by atoms with Crippen molar-refractivity contribution in [2.24, 2.45) is 0 Å². The van der Waals surface area contributed by atoms with Crippen LogP contribution in [0.2, 0.25) is 0 Å². The molecule has 1 amide bonds. The van der Waals surface area contributed by atoms with E-state index < -0.39 is 0 Å². The highest BCUT2D eigenvalue weighted by molar-refractivity contribution is 5.92. The molecule has 0 heterocycles. The van der Waals surface area contributed by atoms with Crippen LogP contribution in [-0.4, -0.2) is 37.1 Å². The van der Waals surface area contributed by atoms with Crippen LogP contribution in [0.25, 0.3) is 0 Å². The molecular weight excluding hydrogens is 272 g/mol. The van der Waals surface area contributed by atoms with Gasteiger partial charge < -0.3 is 9.80 Å². The predicted molar refractivity (Wildman–Crippen MR) is 93.0 cm³/mol. The molecule has 0 bridgehead atoms. The van der Waals surface area contributed by atoms with E-state index in [0.29, 0.717) is 18.5 Å². The van der Waals surface area contributed by atoms with Crippen molar-refractivity contribution in [2.75, 3.05) is 26.0 Å². The summed E-state index contributed by atoms with van der Waals surface area (Å²) in [4.78, 5) is 12.5. The van der Waals surface area contributed by atoms with E-state index in [9.17, 15) is 4.79 Å². The molecule has 1 saturated carbocycles. The van der Waals surface area contributed by atoms with E-state index in [0.717, 1.165) is 16.6 Å². The number of amides is 1. The van der Waals surface area contributed by atoms with Crippen LogP contribution in [0.15, 0.2) is 24.3 Å². The molecule has 1 aromatic rings. The first kappa shape index (κ1) is 17.0. The van der Waals surface area contributed by atoms with Crippen molar-refractivity contribution in [3.8, 4) is 0 Å². The number of carbonyl (C=O) groups is 1. The molecule has 1 aliphatic rings. The lowest BCUT2D eigenvalue weighted by atomic mass is 9.97. The average molecular weight is 303 g/mol. The minimum Gasteiger partial charge on any atom is -0.321 e. The zero-order valence-corrected chi connectivity index (χ0v) is 14.6. The third kappa shape index (κ3) is 4.10. The summed E-state index contributed by atoms with van der Waals surface area (Å²) >= 11 is 0. The molecule has 2 rings (SSSR count). The van der Waals surface area contributed by atoms with E-state index in [-0.39, 0.29) is 5.91 Å². The summed E-state index contributed by atoms with van der Waals surface area (Å²) in [6.07, 6.45) is 6.21. The van der Waals surface area contributed by atoms with E-state index >= 15 is 0 Å². The van der Waals surface area contributed by atoms with Crippen LogP contribution >= 0.6 is 0 Å². The number of likely N-dealkylation sites (N-methyl/N-ethyl adjacent to an activating group) is 1. The number of carbonyl (C=O) groups excluding carboxylic acids is 1. The van der Waals surface area contributed by atoms with Gasteiger partial charge in [-0.1, -0.05) is 32.0 Å². The summed E-state index contributed by atoms with van der Waals surface area (Å²) in [7, 11) is 4.38. The van der Waals surface area contributed by atoms with Crippen molar-refractivity contribution in [2.45, 2.75) is 57.9 Å². The predicted octanol–water partition coefficient (Wildman–Crippen LogP) is 4.16. The SMILES string of the molecule is CC[C@@H](C)c1ccccc1NC(=O)C[N+](C)(C)C1CCCC1. The van der Waals surface area contributed by atoms with Crippen molar-refractivity contribution in [3.63, 3.8) is 0 Å². The fraction of sp³-hybridized carbons (Fsp3) is 0.632. The van der Waals surface area contributed by atoms with Crippen LogP contribution in [-0.2, 0) is 4.79 Å². The van der Waals surface area contributed by atoms with Gasteiger partial charge in [-0.3, -0.25) is 4.79 Å². The van der Waals surface area contributed by atoms with Gasteiger partial charge in [-0.25, -0.2) is 0 Å². The molecule has 3 nitrogen and oxygen atoms in total. The second-order valence-corrected chi connectivity index (χ2v) is 7.32. The Balaban J connectivity index is 2.03. The van der Waals surface area contributed by atoms with Gasteiger partial charge in [0.25, 0.3) is 5.91 Å². The number of benzene rings is 1. The Morgan fingerprint density at radius 1 is 1.27 bits per heavy atom. The molecule has 1 aliphatic carbocycles. The molecule has 1 aromatic carbocycles. The van der Waals surface area contributed by atoms with Gasteiger partial charge in [-0.2, -0.15) is 0 Å². The first-order chi connectivity index (χ1) is 10.4. The number of nitrogens with zero attached hydrogens (tertiary/aromatic N) is 1. The Labute approximate surface area is 135 Å². The van der Waals surface area contributed by atoms with Crippen LogP contribution in [0, 0.1) is 0 Å². The highest BCUT2D eigenvalue weighted by Gasteiger charge is 2.33. The molecule has 1 fully saturated rings. The van der Waals surface area contributed by atoms with Crippen molar-refractivity contribution < 1.29 is 9.28 Å². The maximum absolute atomic E-state index is 12.5. The molecule has 0 radical (unpaired) electrons. The number of nitrogens with one attached hydrogen (secondary N) is 1. The summed E-state index contributed by atoms with van der Waals surface area (Å²) in [6.45, 7) is 4.95. The number of rotatable bonds is 6. The summed E-state index contributed by atoms with van der Waals surface area (Å²) in [5.74, 6) is 0.599. The lowest BCUT2D eigenvalue weighted by molar-refractivity contribution is -0.906. The molecule has 0 aliphatic heterocycles. The molecule has 0 saturated heterocycles. The quantitative estimate of drug-likeness (QED) is 0.786. The van der Waals surface area contributed by atoms with Crippen LogP contribution in [0.4, 0.5) is 5.69 Å². The van der Waals surface area contributed by atoms with E-state index in [4.69, 9.17) is 0 Å². The summed E-state index contributed by atoms with van der Waals surface area (Å²) in [5.41, 5.74) is 2.22. The lowest BCUT2D eigenvalue weighted by Gasteiger charge is -2.35. The van der Waals surface area contributed by atoms with Gasteiger partial charge in [0.1, 0.15) is 0 Å². The number of quaternary nitrogens is 1. The molecule has 0 unspecified atom stereocenters. The van der Waals surface area contributed by atoms with E-state index in [1.807, 2.05) is 12.1 Å². The lowest BCUT2D eigenvalue weighted by Crippen LogP contribution is -2.51. The average Bonchev–Trinajstić information content (AvgIpc) is 3.01. The van der Waals surface area contributed by atoms with E-state index in [1.54, 1.807) is 0 Å². The van der Waals surface area contributed by atoms with Gasteiger partial charge >= 0.3 is 0 Å². The second kappa shape index (κ2) is 7.28. The van der Waals surface area contributed by atoms with Gasteiger partial charge in [0, 0.05) is 5.69 Å². The first-order valence-electron chi connectivity index (χ1n) is 8.65. The fourth-order valence-corrected chi connectivity index (χ4v) is 3.55.